The minimum Gasteiger partial charge on any atom is -0.481 e. The van der Waals surface area contributed by atoms with Crippen molar-refractivity contribution < 1.29 is 19.4 Å². The zero-order chi connectivity index (χ0) is 13.1. The summed E-state index contributed by atoms with van der Waals surface area (Å²) in [6.45, 7) is 4.42. The van der Waals surface area contributed by atoms with Gasteiger partial charge in [0.2, 0.25) is 0 Å². The molecule has 1 atom stereocenters. The normalized spacial score (nSPS) is 12.1. The van der Waals surface area contributed by atoms with E-state index in [1.54, 1.807) is 0 Å². The molecule has 0 aliphatic carbocycles. The van der Waals surface area contributed by atoms with Crippen LogP contribution >= 0.6 is 0 Å². The maximum Gasteiger partial charge on any atom is 0.306 e. The molecule has 0 aromatic rings. The SMILES string of the molecule is CCCCOC(=O)CCCCC(CC)C(=O)O. The molecule has 4 nitrogen and oxygen atoms in total. The first-order valence-corrected chi connectivity index (χ1v) is 6.50. The molecule has 0 spiro atoms. The molecule has 0 aromatic carbocycles. The Morgan fingerprint density at radius 1 is 1.18 bits per heavy atom. The highest BCUT2D eigenvalue weighted by atomic mass is 16.5. The van der Waals surface area contributed by atoms with Gasteiger partial charge in [-0.25, -0.2) is 0 Å². The van der Waals surface area contributed by atoms with Crippen molar-refractivity contribution in [3.05, 3.63) is 0 Å². The van der Waals surface area contributed by atoms with Crippen molar-refractivity contribution in [3.8, 4) is 0 Å². The molecule has 0 amide bonds. The van der Waals surface area contributed by atoms with Gasteiger partial charge in [-0.1, -0.05) is 26.7 Å². The van der Waals surface area contributed by atoms with Crippen LogP contribution in [0.3, 0.4) is 0 Å². The van der Waals surface area contributed by atoms with E-state index >= 15 is 0 Å². The number of carboxylic acid groups (broad SMARTS) is 1. The lowest BCUT2D eigenvalue weighted by Crippen LogP contribution is -2.12. The molecule has 0 bridgehead atoms. The van der Waals surface area contributed by atoms with Crippen molar-refractivity contribution in [3.63, 3.8) is 0 Å². The molecule has 17 heavy (non-hydrogen) atoms. The van der Waals surface area contributed by atoms with Crippen LogP contribution in [0.25, 0.3) is 0 Å². The Labute approximate surface area is 103 Å². The van der Waals surface area contributed by atoms with Gasteiger partial charge in [-0.05, 0) is 25.7 Å². The fourth-order valence-corrected chi connectivity index (χ4v) is 1.56. The van der Waals surface area contributed by atoms with E-state index < -0.39 is 5.97 Å². The molecule has 0 saturated heterocycles. The van der Waals surface area contributed by atoms with E-state index in [4.69, 9.17) is 9.84 Å². The summed E-state index contributed by atoms with van der Waals surface area (Å²) in [5.74, 6) is -1.18. The molecule has 0 radical (unpaired) electrons. The third-order valence-corrected chi connectivity index (χ3v) is 2.79. The molecule has 0 fully saturated rings. The fourth-order valence-electron chi connectivity index (χ4n) is 1.56. The highest BCUT2D eigenvalue weighted by Gasteiger charge is 2.14. The van der Waals surface area contributed by atoms with Crippen LogP contribution in [0, 0.1) is 5.92 Å². The highest BCUT2D eigenvalue weighted by molar-refractivity contribution is 5.70. The molecule has 0 rings (SSSR count). The third-order valence-electron chi connectivity index (χ3n) is 2.79. The molecule has 1 unspecified atom stereocenters. The summed E-state index contributed by atoms with van der Waals surface area (Å²) >= 11 is 0. The minimum atomic E-state index is -0.738. The number of hydrogen-bond donors (Lipinski definition) is 1. The molecule has 4 heteroatoms. The van der Waals surface area contributed by atoms with Crippen molar-refractivity contribution >= 4 is 11.9 Å². The average Bonchev–Trinajstić information content (AvgIpc) is 2.29. The minimum absolute atomic E-state index is 0.165. The van der Waals surface area contributed by atoms with Crippen LogP contribution in [0.1, 0.15) is 58.8 Å². The number of esters is 1. The Morgan fingerprint density at radius 2 is 1.88 bits per heavy atom. The summed E-state index contributed by atoms with van der Waals surface area (Å²) in [6.07, 6.45) is 5.11. The molecule has 1 N–H and O–H groups in total. The third kappa shape index (κ3) is 8.72. The summed E-state index contributed by atoms with van der Waals surface area (Å²) in [7, 11) is 0. The van der Waals surface area contributed by atoms with Crippen LogP contribution in [0.15, 0.2) is 0 Å². The summed E-state index contributed by atoms with van der Waals surface area (Å²) in [4.78, 5) is 22.0. The zero-order valence-corrected chi connectivity index (χ0v) is 10.9. The largest absolute Gasteiger partial charge is 0.481 e. The van der Waals surface area contributed by atoms with Gasteiger partial charge in [0.15, 0.2) is 0 Å². The summed E-state index contributed by atoms with van der Waals surface area (Å²) < 4.78 is 5.01. The second-order valence-corrected chi connectivity index (χ2v) is 4.26. The van der Waals surface area contributed by atoms with Crippen LogP contribution in [-0.4, -0.2) is 23.7 Å². The molecule has 0 aliphatic rings. The van der Waals surface area contributed by atoms with Gasteiger partial charge >= 0.3 is 11.9 Å². The van der Waals surface area contributed by atoms with E-state index in [9.17, 15) is 9.59 Å². The van der Waals surface area contributed by atoms with Gasteiger partial charge in [0.05, 0.1) is 12.5 Å². The van der Waals surface area contributed by atoms with Crippen LogP contribution in [0.5, 0.6) is 0 Å². The lowest BCUT2D eigenvalue weighted by Gasteiger charge is -2.08. The van der Waals surface area contributed by atoms with E-state index in [2.05, 4.69) is 0 Å². The monoisotopic (exact) mass is 244 g/mol. The number of aliphatic carboxylic acids is 1. The van der Waals surface area contributed by atoms with E-state index in [1.165, 1.54) is 0 Å². The highest BCUT2D eigenvalue weighted by Crippen LogP contribution is 2.13. The second-order valence-electron chi connectivity index (χ2n) is 4.26. The number of rotatable bonds is 10. The van der Waals surface area contributed by atoms with Gasteiger partial charge in [-0.3, -0.25) is 9.59 Å². The topological polar surface area (TPSA) is 63.6 Å². The van der Waals surface area contributed by atoms with Crippen molar-refractivity contribution in [1.82, 2.24) is 0 Å². The van der Waals surface area contributed by atoms with Gasteiger partial charge in [0, 0.05) is 6.42 Å². The number of carboxylic acids is 1. The Bertz CT molecular complexity index is 225. The van der Waals surface area contributed by atoms with Crippen molar-refractivity contribution in [2.24, 2.45) is 5.92 Å². The first-order chi connectivity index (χ1) is 8.11. The van der Waals surface area contributed by atoms with Gasteiger partial charge in [0.25, 0.3) is 0 Å². The van der Waals surface area contributed by atoms with Crippen molar-refractivity contribution in [1.29, 1.82) is 0 Å². The summed E-state index contributed by atoms with van der Waals surface area (Å²) in [5.41, 5.74) is 0. The maximum atomic E-state index is 11.2. The molecule has 0 aromatic heterocycles. The molecule has 0 aliphatic heterocycles. The Balaban J connectivity index is 3.49. The fraction of sp³-hybridized carbons (Fsp3) is 0.846. The Morgan fingerprint density at radius 3 is 2.41 bits per heavy atom. The standard InChI is InChI=1S/C13H24O4/c1-3-5-10-17-12(14)9-7-6-8-11(4-2)13(15)16/h11H,3-10H2,1-2H3,(H,15,16). The second kappa shape index (κ2) is 10.1. The number of carbonyl (C=O) groups excluding carboxylic acids is 1. The first-order valence-electron chi connectivity index (χ1n) is 6.50. The first kappa shape index (κ1) is 15.9. The zero-order valence-electron chi connectivity index (χ0n) is 10.9. The van der Waals surface area contributed by atoms with Crippen LogP contribution in [0.4, 0.5) is 0 Å². The molecular weight excluding hydrogens is 220 g/mol. The van der Waals surface area contributed by atoms with Gasteiger partial charge in [0.1, 0.15) is 0 Å². The van der Waals surface area contributed by atoms with E-state index in [-0.39, 0.29) is 11.9 Å². The lowest BCUT2D eigenvalue weighted by atomic mass is 9.99. The summed E-state index contributed by atoms with van der Waals surface area (Å²) in [5, 5.41) is 8.83. The smallest absolute Gasteiger partial charge is 0.306 e. The van der Waals surface area contributed by atoms with Gasteiger partial charge in [-0.2, -0.15) is 0 Å². The Hall–Kier alpha value is -1.06. The van der Waals surface area contributed by atoms with Gasteiger partial charge < -0.3 is 9.84 Å². The number of unbranched alkanes of at least 4 members (excludes halogenated alkanes) is 2. The Kier molecular flexibility index (Phi) is 9.49. The molecular formula is C13H24O4. The molecule has 0 heterocycles. The molecule has 100 valence electrons. The maximum absolute atomic E-state index is 11.2. The average molecular weight is 244 g/mol. The number of hydrogen-bond acceptors (Lipinski definition) is 3. The lowest BCUT2D eigenvalue weighted by molar-refractivity contribution is -0.143. The predicted octanol–water partition coefficient (Wildman–Crippen LogP) is 3.00. The number of carbonyl (C=O) groups is 2. The predicted molar refractivity (Wildman–Crippen MR) is 65.8 cm³/mol. The quantitative estimate of drug-likeness (QED) is 0.474. The summed E-state index contributed by atoms with van der Waals surface area (Å²) in [6, 6.07) is 0. The van der Waals surface area contributed by atoms with E-state index in [0.717, 1.165) is 25.7 Å². The van der Waals surface area contributed by atoms with E-state index in [0.29, 0.717) is 25.9 Å². The van der Waals surface area contributed by atoms with Gasteiger partial charge in [-0.15, -0.1) is 0 Å². The van der Waals surface area contributed by atoms with Crippen LogP contribution < -0.4 is 0 Å². The van der Waals surface area contributed by atoms with E-state index in [1.807, 2.05) is 13.8 Å². The van der Waals surface area contributed by atoms with Crippen molar-refractivity contribution in [2.45, 2.75) is 58.8 Å². The number of ether oxygens (including phenoxy) is 1. The van der Waals surface area contributed by atoms with Crippen LogP contribution in [-0.2, 0) is 14.3 Å². The van der Waals surface area contributed by atoms with Crippen molar-refractivity contribution in [2.75, 3.05) is 6.61 Å². The molecule has 0 saturated carbocycles. The van der Waals surface area contributed by atoms with Crippen LogP contribution in [0.2, 0.25) is 0 Å².